The van der Waals surface area contributed by atoms with Crippen LogP contribution in [0, 0.1) is 12.8 Å². The molecule has 1 aliphatic heterocycles. The molecule has 3 rings (SSSR count). The number of ether oxygens (including phenoxy) is 2. The summed E-state index contributed by atoms with van der Waals surface area (Å²) in [6, 6.07) is 3.49. The Morgan fingerprint density at radius 3 is 2.93 bits per heavy atom. The standard InChI is InChI=1S/C20H29N3O4/c1-3-17-18(7-4-14(2)22-17)27-13-20(25)23-8-9-26-12-16(23)10-19(24)21-11-15-5-6-15/h4,7,15-16H,3,5-6,8-13H2,1-2H3,(H,21,24)/t16-/m1/s1. The number of nitrogens with one attached hydrogen (secondary N) is 1. The number of hydrogen-bond donors (Lipinski definition) is 1. The van der Waals surface area contributed by atoms with Gasteiger partial charge in [0.05, 0.1) is 24.9 Å². The predicted molar refractivity (Wildman–Crippen MR) is 101 cm³/mol. The number of morpholine rings is 1. The molecule has 1 aromatic rings. The van der Waals surface area contributed by atoms with Gasteiger partial charge in [0.1, 0.15) is 5.75 Å². The first kappa shape index (κ1) is 19.6. The van der Waals surface area contributed by atoms with E-state index in [4.69, 9.17) is 9.47 Å². The second-order valence-corrected chi connectivity index (χ2v) is 7.31. The number of carbonyl (C=O) groups excluding carboxylic acids is 2. The zero-order valence-corrected chi connectivity index (χ0v) is 16.2. The van der Waals surface area contributed by atoms with Crippen molar-refractivity contribution in [3.8, 4) is 5.75 Å². The predicted octanol–water partition coefficient (Wildman–Crippen LogP) is 1.47. The quantitative estimate of drug-likeness (QED) is 0.744. The SMILES string of the molecule is CCc1nc(C)ccc1OCC(=O)N1CCOC[C@H]1CC(=O)NCC1CC1. The summed E-state index contributed by atoms with van der Waals surface area (Å²) in [6.45, 7) is 5.97. The first-order chi connectivity index (χ1) is 13.1. The van der Waals surface area contributed by atoms with E-state index in [1.807, 2.05) is 26.0 Å². The van der Waals surface area contributed by atoms with Crippen LogP contribution >= 0.6 is 0 Å². The van der Waals surface area contributed by atoms with Gasteiger partial charge in [0, 0.05) is 25.2 Å². The summed E-state index contributed by atoms with van der Waals surface area (Å²) < 4.78 is 11.2. The number of nitrogens with zero attached hydrogens (tertiary/aromatic N) is 2. The van der Waals surface area contributed by atoms with Gasteiger partial charge in [-0.1, -0.05) is 6.92 Å². The minimum Gasteiger partial charge on any atom is -0.482 e. The molecule has 0 radical (unpaired) electrons. The van der Waals surface area contributed by atoms with E-state index in [0.717, 1.165) is 24.4 Å². The second kappa shape index (κ2) is 9.17. The van der Waals surface area contributed by atoms with E-state index < -0.39 is 0 Å². The van der Waals surface area contributed by atoms with E-state index >= 15 is 0 Å². The van der Waals surface area contributed by atoms with Crippen LogP contribution in [0.4, 0.5) is 0 Å². The average molecular weight is 375 g/mol. The van der Waals surface area contributed by atoms with Gasteiger partial charge in [0.15, 0.2) is 6.61 Å². The molecule has 2 amide bonds. The maximum Gasteiger partial charge on any atom is 0.260 e. The molecule has 7 nitrogen and oxygen atoms in total. The molecule has 27 heavy (non-hydrogen) atoms. The summed E-state index contributed by atoms with van der Waals surface area (Å²) in [5.41, 5.74) is 1.77. The number of rotatable bonds is 8. The normalized spacial score (nSPS) is 19.6. The lowest BCUT2D eigenvalue weighted by Gasteiger charge is -2.35. The monoisotopic (exact) mass is 375 g/mol. The van der Waals surface area contributed by atoms with E-state index in [9.17, 15) is 9.59 Å². The van der Waals surface area contributed by atoms with Crippen LogP contribution in [0.1, 0.15) is 37.6 Å². The van der Waals surface area contributed by atoms with Crippen LogP contribution in [-0.2, 0) is 20.7 Å². The molecule has 2 fully saturated rings. The summed E-state index contributed by atoms with van der Waals surface area (Å²) in [6.07, 6.45) is 3.40. The summed E-state index contributed by atoms with van der Waals surface area (Å²) >= 11 is 0. The minimum absolute atomic E-state index is 0.0212. The minimum atomic E-state index is -0.240. The first-order valence-electron chi connectivity index (χ1n) is 9.80. The lowest BCUT2D eigenvalue weighted by molar-refractivity contribution is -0.143. The number of pyridine rings is 1. The number of carbonyl (C=O) groups is 2. The maximum atomic E-state index is 12.7. The molecule has 2 heterocycles. The molecule has 148 valence electrons. The smallest absolute Gasteiger partial charge is 0.260 e. The fraction of sp³-hybridized carbons (Fsp3) is 0.650. The van der Waals surface area contributed by atoms with Crippen LogP contribution in [0.2, 0.25) is 0 Å². The fourth-order valence-corrected chi connectivity index (χ4v) is 3.22. The zero-order valence-electron chi connectivity index (χ0n) is 16.2. The van der Waals surface area contributed by atoms with Crippen molar-refractivity contribution in [2.24, 2.45) is 5.92 Å². The van der Waals surface area contributed by atoms with Crippen molar-refractivity contribution in [3.05, 3.63) is 23.5 Å². The fourth-order valence-electron chi connectivity index (χ4n) is 3.22. The van der Waals surface area contributed by atoms with Crippen molar-refractivity contribution in [2.75, 3.05) is 32.9 Å². The van der Waals surface area contributed by atoms with E-state index in [-0.39, 0.29) is 30.9 Å². The molecule has 0 unspecified atom stereocenters. The van der Waals surface area contributed by atoms with Crippen LogP contribution in [0.25, 0.3) is 0 Å². The Bertz CT molecular complexity index is 675. The van der Waals surface area contributed by atoms with Crippen LogP contribution in [0.5, 0.6) is 5.75 Å². The summed E-state index contributed by atoms with van der Waals surface area (Å²) in [5, 5.41) is 2.96. The molecule has 1 N–H and O–H groups in total. The highest BCUT2D eigenvalue weighted by Crippen LogP contribution is 2.27. The molecule has 7 heteroatoms. The van der Waals surface area contributed by atoms with Gasteiger partial charge in [0.25, 0.3) is 5.91 Å². The van der Waals surface area contributed by atoms with Crippen molar-refractivity contribution in [3.63, 3.8) is 0 Å². The van der Waals surface area contributed by atoms with Crippen LogP contribution < -0.4 is 10.1 Å². The van der Waals surface area contributed by atoms with Crippen LogP contribution in [-0.4, -0.2) is 60.7 Å². The Morgan fingerprint density at radius 2 is 2.19 bits per heavy atom. The molecular weight excluding hydrogens is 346 g/mol. The Kier molecular flexibility index (Phi) is 6.66. The highest BCUT2D eigenvalue weighted by molar-refractivity contribution is 5.81. The maximum absolute atomic E-state index is 12.7. The van der Waals surface area contributed by atoms with Crippen molar-refractivity contribution in [1.29, 1.82) is 0 Å². The first-order valence-corrected chi connectivity index (χ1v) is 9.80. The Labute approximate surface area is 160 Å². The summed E-state index contributed by atoms with van der Waals surface area (Å²) in [5.74, 6) is 1.13. The second-order valence-electron chi connectivity index (χ2n) is 7.31. The molecule has 1 saturated carbocycles. The number of aromatic nitrogens is 1. The Hall–Kier alpha value is -2.15. The van der Waals surface area contributed by atoms with Crippen molar-refractivity contribution >= 4 is 11.8 Å². The van der Waals surface area contributed by atoms with Gasteiger partial charge in [-0.2, -0.15) is 0 Å². The number of aryl methyl sites for hydroxylation is 2. The van der Waals surface area contributed by atoms with Crippen molar-refractivity contribution in [2.45, 2.75) is 45.6 Å². The topological polar surface area (TPSA) is 80.8 Å². The summed E-state index contributed by atoms with van der Waals surface area (Å²) in [4.78, 5) is 31.0. The van der Waals surface area contributed by atoms with E-state index in [1.54, 1.807) is 4.90 Å². The molecule has 0 aromatic carbocycles. The van der Waals surface area contributed by atoms with Gasteiger partial charge >= 0.3 is 0 Å². The Balaban J connectivity index is 1.53. The third-order valence-corrected chi connectivity index (χ3v) is 5.01. The average Bonchev–Trinajstić information content (AvgIpc) is 3.50. The molecular formula is C20H29N3O4. The van der Waals surface area contributed by atoms with E-state index in [0.29, 0.717) is 31.4 Å². The van der Waals surface area contributed by atoms with Gasteiger partial charge < -0.3 is 19.7 Å². The van der Waals surface area contributed by atoms with E-state index in [2.05, 4.69) is 10.3 Å². The lowest BCUT2D eigenvalue weighted by Crippen LogP contribution is -2.52. The zero-order chi connectivity index (χ0) is 19.2. The third kappa shape index (κ3) is 5.66. The lowest BCUT2D eigenvalue weighted by atomic mass is 10.1. The number of amides is 2. The molecule has 0 bridgehead atoms. The molecule has 0 spiro atoms. The largest absolute Gasteiger partial charge is 0.482 e. The molecule has 2 aliphatic rings. The third-order valence-electron chi connectivity index (χ3n) is 5.01. The van der Waals surface area contributed by atoms with Gasteiger partial charge in [-0.15, -0.1) is 0 Å². The molecule has 1 atom stereocenters. The van der Waals surface area contributed by atoms with E-state index in [1.165, 1.54) is 12.8 Å². The van der Waals surface area contributed by atoms with Gasteiger partial charge in [-0.05, 0) is 44.2 Å². The molecule has 1 aliphatic carbocycles. The highest BCUT2D eigenvalue weighted by Gasteiger charge is 2.30. The summed E-state index contributed by atoms with van der Waals surface area (Å²) in [7, 11) is 0. The van der Waals surface area contributed by atoms with Crippen molar-refractivity contribution < 1.29 is 19.1 Å². The van der Waals surface area contributed by atoms with Gasteiger partial charge in [0.2, 0.25) is 5.91 Å². The van der Waals surface area contributed by atoms with Gasteiger partial charge in [-0.3, -0.25) is 14.6 Å². The van der Waals surface area contributed by atoms with Crippen LogP contribution in [0.3, 0.4) is 0 Å². The molecule has 1 aromatic heterocycles. The Morgan fingerprint density at radius 1 is 1.37 bits per heavy atom. The van der Waals surface area contributed by atoms with Crippen molar-refractivity contribution in [1.82, 2.24) is 15.2 Å². The van der Waals surface area contributed by atoms with Gasteiger partial charge in [-0.25, -0.2) is 0 Å². The number of hydrogen-bond acceptors (Lipinski definition) is 5. The molecule has 1 saturated heterocycles. The van der Waals surface area contributed by atoms with Crippen LogP contribution in [0.15, 0.2) is 12.1 Å². The highest BCUT2D eigenvalue weighted by atomic mass is 16.5.